The molecule has 4 heteroatoms. The lowest BCUT2D eigenvalue weighted by atomic mass is 9.83. The summed E-state index contributed by atoms with van der Waals surface area (Å²) >= 11 is 3.49. The highest BCUT2D eigenvalue weighted by atomic mass is 79.9. The maximum absolute atomic E-state index is 13.8. The molecule has 0 bridgehead atoms. The van der Waals surface area contributed by atoms with Crippen LogP contribution in [-0.4, -0.2) is 16.8 Å². The summed E-state index contributed by atoms with van der Waals surface area (Å²) in [5.41, 5.74) is 0.741. The van der Waals surface area contributed by atoms with Gasteiger partial charge in [-0.1, -0.05) is 41.3 Å². The zero-order chi connectivity index (χ0) is 13.9. The Labute approximate surface area is 121 Å². The van der Waals surface area contributed by atoms with Crippen molar-refractivity contribution in [1.29, 1.82) is 0 Å². The van der Waals surface area contributed by atoms with Crippen molar-refractivity contribution in [2.24, 2.45) is 0 Å². The van der Waals surface area contributed by atoms with Crippen LogP contribution < -0.4 is 5.32 Å². The predicted octanol–water partition coefficient (Wildman–Crippen LogP) is 3.96. The van der Waals surface area contributed by atoms with Gasteiger partial charge in [0.15, 0.2) is 0 Å². The monoisotopic (exact) mass is 327 g/mol. The van der Waals surface area contributed by atoms with E-state index in [4.69, 9.17) is 0 Å². The number of benzene rings is 1. The Morgan fingerprint density at radius 1 is 1.37 bits per heavy atom. The highest BCUT2D eigenvalue weighted by Crippen LogP contribution is 2.30. The zero-order valence-electron chi connectivity index (χ0n) is 11.1. The highest BCUT2D eigenvalue weighted by Gasteiger charge is 2.33. The molecule has 1 amide bonds. The average molecular weight is 328 g/mol. The second-order valence-corrected chi connectivity index (χ2v) is 5.97. The molecular weight excluding hydrogens is 309 g/mol. The van der Waals surface area contributed by atoms with E-state index >= 15 is 0 Å². The summed E-state index contributed by atoms with van der Waals surface area (Å²) in [4.78, 5) is 12.2. The van der Waals surface area contributed by atoms with Crippen molar-refractivity contribution >= 4 is 21.8 Å². The third-order valence-electron chi connectivity index (χ3n) is 3.81. The molecule has 1 N–H and O–H groups in total. The molecule has 1 aliphatic carbocycles. The molecule has 0 heterocycles. The van der Waals surface area contributed by atoms with Crippen molar-refractivity contribution in [2.75, 3.05) is 5.33 Å². The van der Waals surface area contributed by atoms with Gasteiger partial charge in [0.05, 0.1) is 11.1 Å². The molecule has 1 aromatic rings. The van der Waals surface area contributed by atoms with Crippen LogP contribution in [0.15, 0.2) is 18.2 Å². The number of aryl methyl sites for hydroxylation is 1. The van der Waals surface area contributed by atoms with Gasteiger partial charge in [-0.25, -0.2) is 4.39 Å². The number of amides is 1. The Morgan fingerprint density at radius 3 is 2.63 bits per heavy atom. The normalized spacial score (nSPS) is 18.1. The van der Waals surface area contributed by atoms with Crippen LogP contribution in [0.25, 0.3) is 0 Å². The second kappa shape index (κ2) is 6.04. The molecule has 0 radical (unpaired) electrons. The highest BCUT2D eigenvalue weighted by molar-refractivity contribution is 9.09. The maximum Gasteiger partial charge on any atom is 0.254 e. The van der Waals surface area contributed by atoms with Crippen molar-refractivity contribution in [1.82, 2.24) is 5.32 Å². The van der Waals surface area contributed by atoms with Gasteiger partial charge in [-0.15, -0.1) is 0 Å². The Kier molecular flexibility index (Phi) is 4.61. The Bertz CT molecular complexity index is 469. The molecule has 0 atom stereocenters. The van der Waals surface area contributed by atoms with Gasteiger partial charge < -0.3 is 5.32 Å². The number of carbonyl (C=O) groups is 1. The van der Waals surface area contributed by atoms with E-state index in [9.17, 15) is 9.18 Å². The first-order valence-electron chi connectivity index (χ1n) is 6.71. The van der Waals surface area contributed by atoms with Gasteiger partial charge in [-0.2, -0.15) is 0 Å². The fourth-order valence-corrected chi connectivity index (χ4v) is 3.33. The topological polar surface area (TPSA) is 29.1 Å². The predicted molar refractivity (Wildman–Crippen MR) is 78.2 cm³/mol. The molecule has 0 saturated heterocycles. The van der Waals surface area contributed by atoms with Crippen LogP contribution in [0.5, 0.6) is 0 Å². The average Bonchev–Trinajstić information content (AvgIpc) is 2.39. The number of nitrogens with one attached hydrogen (secondary N) is 1. The van der Waals surface area contributed by atoms with E-state index in [1.807, 2.05) is 6.92 Å². The van der Waals surface area contributed by atoms with Crippen molar-refractivity contribution < 1.29 is 9.18 Å². The number of carbonyl (C=O) groups excluding carboxylic acids is 1. The molecule has 0 aromatic heterocycles. The van der Waals surface area contributed by atoms with Crippen molar-refractivity contribution in [3.63, 3.8) is 0 Å². The van der Waals surface area contributed by atoms with Crippen molar-refractivity contribution in [3.05, 3.63) is 35.1 Å². The van der Waals surface area contributed by atoms with Gasteiger partial charge in [0, 0.05) is 5.33 Å². The number of hydrogen-bond donors (Lipinski definition) is 1. The van der Waals surface area contributed by atoms with Crippen LogP contribution in [0.1, 0.15) is 48.0 Å². The number of rotatable bonds is 3. The van der Waals surface area contributed by atoms with E-state index in [0.29, 0.717) is 0 Å². The number of hydrogen-bond acceptors (Lipinski definition) is 1. The molecule has 0 unspecified atom stereocenters. The largest absolute Gasteiger partial charge is 0.346 e. The van der Waals surface area contributed by atoms with Gasteiger partial charge in [0.25, 0.3) is 5.91 Å². The first-order chi connectivity index (χ1) is 9.06. The standard InChI is InChI=1S/C15H19BrFNO/c1-11-5-6-12(13(17)9-11)14(19)18-15(10-16)7-3-2-4-8-15/h5-6,9H,2-4,7-8,10H2,1H3,(H,18,19). The summed E-state index contributed by atoms with van der Waals surface area (Å²) in [6.07, 6.45) is 5.35. The SMILES string of the molecule is Cc1ccc(C(=O)NC2(CBr)CCCCC2)c(F)c1. The van der Waals surface area contributed by atoms with Crippen LogP contribution in [0, 0.1) is 12.7 Å². The number of halogens is 2. The molecule has 0 aliphatic heterocycles. The fraction of sp³-hybridized carbons (Fsp3) is 0.533. The fourth-order valence-electron chi connectivity index (χ4n) is 2.63. The maximum atomic E-state index is 13.8. The molecule has 1 saturated carbocycles. The van der Waals surface area contributed by atoms with E-state index < -0.39 is 5.82 Å². The molecule has 1 fully saturated rings. The van der Waals surface area contributed by atoms with Crippen molar-refractivity contribution in [3.8, 4) is 0 Å². The third kappa shape index (κ3) is 3.35. The Morgan fingerprint density at radius 2 is 2.05 bits per heavy atom. The molecular formula is C15H19BrFNO. The Balaban J connectivity index is 2.15. The van der Waals surface area contributed by atoms with Crippen LogP contribution >= 0.6 is 15.9 Å². The molecule has 2 nitrogen and oxygen atoms in total. The van der Waals surface area contributed by atoms with Gasteiger partial charge in [0.1, 0.15) is 5.82 Å². The second-order valence-electron chi connectivity index (χ2n) is 5.41. The van der Waals surface area contributed by atoms with E-state index in [0.717, 1.165) is 36.6 Å². The van der Waals surface area contributed by atoms with Crippen LogP contribution in [0.4, 0.5) is 4.39 Å². The number of alkyl halides is 1. The lowest BCUT2D eigenvalue weighted by Crippen LogP contribution is -2.51. The molecule has 104 valence electrons. The third-order valence-corrected chi connectivity index (χ3v) is 4.89. The molecule has 0 spiro atoms. The zero-order valence-corrected chi connectivity index (χ0v) is 12.7. The van der Waals surface area contributed by atoms with Crippen LogP contribution in [0.3, 0.4) is 0 Å². The molecule has 1 aliphatic rings. The molecule has 2 rings (SSSR count). The molecule has 19 heavy (non-hydrogen) atoms. The minimum atomic E-state index is -0.446. The van der Waals surface area contributed by atoms with E-state index in [1.54, 1.807) is 12.1 Å². The lowest BCUT2D eigenvalue weighted by Gasteiger charge is -2.36. The summed E-state index contributed by atoms with van der Waals surface area (Å²) in [5.74, 6) is -0.753. The first-order valence-corrected chi connectivity index (χ1v) is 7.83. The summed E-state index contributed by atoms with van der Waals surface area (Å²) in [6, 6.07) is 4.72. The quantitative estimate of drug-likeness (QED) is 0.836. The smallest absolute Gasteiger partial charge is 0.254 e. The van der Waals surface area contributed by atoms with E-state index in [-0.39, 0.29) is 17.0 Å². The van der Waals surface area contributed by atoms with Crippen molar-refractivity contribution in [2.45, 2.75) is 44.6 Å². The van der Waals surface area contributed by atoms with Gasteiger partial charge >= 0.3 is 0 Å². The van der Waals surface area contributed by atoms with Crippen LogP contribution in [0.2, 0.25) is 0 Å². The van der Waals surface area contributed by atoms with Gasteiger partial charge in [0.2, 0.25) is 0 Å². The summed E-state index contributed by atoms with van der Waals surface area (Å²) in [5, 5.41) is 3.75. The summed E-state index contributed by atoms with van der Waals surface area (Å²) < 4.78 is 13.8. The molecule has 1 aromatic carbocycles. The van der Waals surface area contributed by atoms with E-state index in [1.165, 1.54) is 12.5 Å². The summed E-state index contributed by atoms with van der Waals surface area (Å²) in [7, 11) is 0. The van der Waals surface area contributed by atoms with Crippen LogP contribution in [-0.2, 0) is 0 Å². The minimum absolute atomic E-state index is 0.136. The minimum Gasteiger partial charge on any atom is -0.346 e. The first kappa shape index (κ1) is 14.5. The van der Waals surface area contributed by atoms with Gasteiger partial charge in [-0.3, -0.25) is 4.79 Å². The summed E-state index contributed by atoms with van der Waals surface area (Å²) in [6.45, 7) is 1.81. The lowest BCUT2D eigenvalue weighted by molar-refractivity contribution is 0.0882. The van der Waals surface area contributed by atoms with E-state index in [2.05, 4.69) is 21.2 Å². The van der Waals surface area contributed by atoms with Gasteiger partial charge in [-0.05, 0) is 37.5 Å². The Hall–Kier alpha value is -0.900.